The molecule has 0 spiro atoms. The molecular weight excluding hydrogens is 236 g/mol. The molecule has 0 aliphatic heterocycles. The van der Waals surface area contributed by atoms with E-state index in [0.29, 0.717) is 16.6 Å². The Kier molecular flexibility index (Phi) is 2.58. The molecule has 3 rings (SSSR count). The summed E-state index contributed by atoms with van der Waals surface area (Å²) in [5, 5.41) is 13.2. The predicted molar refractivity (Wildman–Crippen MR) is 66.7 cm³/mol. The van der Waals surface area contributed by atoms with Crippen molar-refractivity contribution in [2.24, 2.45) is 11.8 Å². The average molecular weight is 252 g/mol. The molecule has 1 aromatic rings. The third-order valence-electron chi connectivity index (χ3n) is 4.04. The summed E-state index contributed by atoms with van der Waals surface area (Å²) in [6.45, 7) is 1.76. The molecular formula is C12H16N2O2S. The molecule has 2 N–H and O–H groups in total. The number of rotatable bonds is 3. The van der Waals surface area contributed by atoms with Crippen molar-refractivity contribution in [3.63, 3.8) is 0 Å². The van der Waals surface area contributed by atoms with Gasteiger partial charge in [0.2, 0.25) is 0 Å². The molecule has 0 radical (unpaired) electrons. The lowest BCUT2D eigenvalue weighted by molar-refractivity contribution is 0.0701. The quantitative estimate of drug-likeness (QED) is 0.868. The minimum Gasteiger partial charge on any atom is -0.477 e. The smallest absolute Gasteiger partial charge is 0.347 e. The Balaban J connectivity index is 1.73. The molecule has 1 heterocycles. The SMILES string of the molecule is Cc1nc(NC2CC3CCC2C3)sc1C(=O)O. The number of hydrogen-bond donors (Lipinski definition) is 2. The summed E-state index contributed by atoms with van der Waals surface area (Å²) in [4.78, 5) is 15.6. The molecule has 1 aromatic heterocycles. The van der Waals surface area contributed by atoms with Crippen LogP contribution in [0.3, 0.4) is 0 Å². The molecule has 17 heavy (non-hydrogen) atoms. The zero-order valence-corrected chi connectivity index (χ0v) is 10.6. The minimum atomic E-state index is -0.874. The summed E-state index contributed by atoms with van der Waals surface area (Å²) < 4.78 is 0. The Bertz CT molecular complexity index is 457. The van der Waals surface area contributed by atoms with Gasteiger partial charge in [-0.1, -0.05) is 17.8 Å². The van der Waals surface area contributed by atoms with Gasteiger partial charge in [-0.25, -0.2) is 9.78 Å². The van der Waals surface area contributed by atoms with E-state index in [1.807, 2.05) is 0 Å². The molecule has 2 bridgehead atoms. The van der Waals surface area contributed by atoms with Gasteiger partial charge < -0.3 is 10.4 Å². The van der Waals surface area contributed by atoms with E-state index in [1.165, 1.54) is 37.0 Å². The average Bonchev–Trinajstić information content (AvgIpc) is 2.93. The van der Waals surface area contributed by atoms with Crippen LogP contribution in [0.5, 0.6) is 0 Å². The molecule has 2 saturated carbocycles. The first-order valence-electron chi connectivity index (χ1n) is 6.10. The number of anilines is 1. The van der Waals surface area contributed by atoms with Gasteiger partial charge in [0.1, 0.15) is 4.88 Å². The Hall–Kier alpha value is -1.10. The van der Waals surface area contributed by atoms with Crippen LogP contribution in [0.1, 0.15) is 41.0 Å². The highest BCUT2D eigenvalue weighted by atomic mass is 32.1. The van der Waals surface area contributed by atoms with E-state index < -0.39 is 5.97 Å². The molecule has 3 atom stereocenters. The molecule has 2 aliphatic carbocycles. The summed E-state index contributed by atoms with van der Waals surface area (Å²) in [7, 11) is 0. The highest BCUT2D eigenvalue weighted by Crippen LogP contribution is 2.45. The van der Waals surface area contributed by atoms with Crippen LogP contribution in [-0.4, -0.2) is 22.1 Å². The summed E-state index contributed by atoms with van der Waals surface area (Å²) >= 11 is 1.26. The van der Waals surface area contributed by atoms with Crippen LogP contribution in [-0.2, 0) is 0 Å². The van der Waals surface area contributed by atoms with E-state index in [1.54, 1.807) is 6.92 Å². The summed E-state index contributed by atoms with van der Waals surface area (Å²) in [5.74, 6) is 0.788. The van der Waals surface area contributed by atoms with Crippen molar-refractivity contribution in [1.82, 2.24) is 4.98 Å². The molecule has 3 unspecified atom stereocenters. The van der Waals surface area contributed by atoms with Crippen LogP contribution in [0.2, 0.25) is 0 Å². The summed E-state index contributed by atoms with van der Waals surface area (Å²) in [5.41, 5.74) is 0.619. The summed E-state index contributed by atoms with van der Waals surface area (Å²) in [6, 6.07) is 0.515. The maximum Gasteiger partial charge on any atom is 0.347 e. The number of aryl methyl sites for hydroxylation is 1. The van der Waals surface area contributed by atoms with Crippen molar-refractivity contribution in [2.45, 2.75) is 38.6 Å². The number of hydrogen-bond acceptors (Lipinski definition) is 4. The number of carboxylic acid groups (broad SMARTS) is 1. The summed E-state index contributed by atoms with van der Waals surface area (Å²) in [6.07, 6.45) is 5.26. The number of carbonyl (C=O) groups is 1. The van der Waals surface area contributed by atoms with Crippen LogP contribution < -0.4 is 5.32 Å². The van der Waals surface area contributed by atoms with E-state index in [2.05, 4.69) is 10.3 Å². The van der Waals surface area contributed by atoms with E-state index in [4.69, 9.17) is 5.11 Å². The fourth-order valence-corrected chi connectivity index (χ4v) is 4.10. The van der Waals surface area contributed by atoms with Crippen LogP contribution in [0.4, 0.5) is 5.13 Å². The van der Waals surface area contributed by atoms with E-state index in [9.17, 15) is 4.79 Å². The highest BCUT2D eigenvalue weighted by molar-refractivity contribution is 7.17. The van der Waals surface area contributed by atoms with Gasteiger partial charge in [-0.15, -0.1) is 0 Å². The lowest BCUT2D eigenvalue weighted by Crippen LogP contribution is -2.25. The van der Waals surface area contributed by atoms with Crippen molar-refractivity contribution in [2.75, 3.05) is 5.32 Å². The number of aromatic nitrogens is 1. The molecule has 2 fully saturated rings. The van der Waals surface area contributed by atoms with E-state index >= 15 is 0 Å². The Labute approximate surface area is 104 Å². The van der Waals surface area contributed by atoms with Gasteiger partial charge in [-0.3, -0.25) is 0 Å². The second-order valence-corrected chi connectivity index (χ2v) is 6.16. The minimum absolute atomic E-state index is 0.357. The zero-order valence-electron chi connectivity index (χ0n) is 9.77. The molecule has 0 aromatic carbocycles. The van der Waals surface area contributed by atoms with Gasteiger partial charge in [0.05, 0.1) is 5.69 Å². The van der Waals surface area contributed by atoms with Crippen LogP contribution in [0, 0.1) is 18.8 Å². The Morgan fingerprint density at radius 2 is 2.29 bits per heavy atom. The van der Waals surface area contributed by atoms with Gasteiger partial charge in [-0.05, 0) is 38.0 Å². The number of fused-ring (bicyclic) bond motifs is 2. The third kappa shape index (κ3) is 1.92. The van der Waals surface area contributed by atoms with Crippen molar-refractivity contribution in [1.29, 1.82) is 0 Å². The normalized spacial score (nSPS) is 30.8. The third-order valence-corrected chi connectivity index (χ3v) is 5.11. The maximum absolute atomic E-state index is 10.9. The number of nitrogens with one attached hydrogen (secondary N) is 1. The molecule has 0 amide bonds. The largest absolute Gasteiger partial charge is 0.477 e. The predicted octanol–water partition coefficient (Wildman–Crippen LogP) is 2.75. The number of carboxylic acids is 1. The van der Waals surface area contributed by atoms with Crippen molar-refractivity contribution in [3.05, 3.63) is 10.6 Å². The molecule has 0 saturated heterocycles. The molecule has 2 aliphatic rings. The van der Waals surface area contributed by atoms with Crippen LogP contribution in [0.25, 0.3) is 0 Å². The van der Waals surface area contributed by atoms with Gasteiger partial charge >= 0.3 is 5.97 Å². The fraction of sp³-hybridized carbons (Fsp3) is 0.667. The Morgan fingerprint density at radius 3 is 2.82 bits per heavy atom. The van der Waals surface area contributed by atoms with E-state index in [0.717, 1.165) is 17.0 Å². The lowest BCUT2D eigenvalue weighted by atomic mass is 9.96. The first-order valence-corrected chi connectivity index (χ1v) is 6.92. The number of aromatic carboxylic acids is 1. The molecule has 92 valence electrons. The van der Waals surface area contributed by atoms with Gasteiger partial charge in [-0.2, -0.15) is 0 Å². The van der Waals surface area contributed by atoms with Crippen molar-refractivity contribution in [3.8, 4) is 0 Å². The first kappa shape index (κ1) is 11.0. The van der Waals surface area contributed by atoms with Crippen molar-refractivity contribution < 1.29 is 9.90 Å². The monoisotopic (exact) mass is 252 g/mol. The van der Waals surface area contributed by atoms with Crippen LogP contribution in [0.15, 0.2) is 0 Å². The first-order chi connectivity index (χ1) is 8.13. The number of nitrogens with zero attached hydrogens (tertiary/aromatic N) is 1. The lowest BCUT2D eigenvalue weighted by Gasteiger charge is -2.22. The van der Waals surface area contributed by atoms with Gasteiger partial charge in [0.15, 0.2) is 5.13 Å². The van der Waals surface area contributed by atoms with E-state index in [-0.39, 0.29) is 0 Å². The van der Waals surface area contributed by atoms with Crippen molar-refractivity contribution >= 4 is 22.4 Å². The fourth-order valence-electron chi connectivity index (χ4n) is 3.24. The topological polar surface area (TPSA) is 62.2 Å². The molecule has 5 heteroatoms. The molecule has 4 nitrogen and oxygen atoms in total. The second-order valence-electron chi connectivity index (χ2n) is 5.16. The zero-order chi connectivity index (χ0) is 12.0. The standard InChI is InChI=1S/C12H16N2O2S/c1-6-10(11(15)16)17-12(13-6)14-9-5-7-2-3-8(9)4-7/h7-9H,2-5H2,1H3,(H,13,14)(H,15,16). The Morgan fingerprint density at radius 1 is 1.47 bits per heavy atom. The number of thiazole rings is 1. The maximum atomic E-state index is 10.9. The van der Waals surface area contributed by atoms with Gasteiger partial charge in [0.25, 0.3) is 0 Å². The van der Waals surface area contributed by atoms with Gasteiger partial charge in [0, 0.05) is 6.04 Å². The van der Waals surface area contributed by atoms with Crippen LogP contribution >= 0.6 is 11.3 Å². The highest BCUT2D eigenvalue weighted by Gasteiger charge is 2.39. The second kappa shape index (κ2) is 3.98.